The molecule has 2 heterocycles. The maximum absolute atomic E-state index is 13.6. The lowest BCUT2D eigenvalue weighted by Crippen LogP contribution is -2.75. The van der Waals surface area contributed by atoms with Crippen molar-refractivity contribution in [3.8, 4) is 0 Å². The van der Waals surface area contributed by atoms with Crippen LogP contribution in [0.5, 0.6) is 0 Å². The van der Waals surface area contributed by atoms with Crippen LogP contribution in [0.15, 0.2) is 30.7 Å². The maximum atomic E-state index is 13.6. The molecule has 4 aliphatic rings. The molecular formula is C21H22F6N4O3S. The van der Waals surface area contributed by atoms with Gasteiger partial charge in [-0.25, -0.2) is 13.4 Å². The topological polar surface area (TPSA) is 78.5 Å². The van der Waals surface area contributed by atoms with Gasteiger partial charge in [-0.3, -0.25) is 0 Å². The predicted octanol–water partition coefficient (Wildman–Crippen LogP) is 4.04. The summed E-state index contributed by atoms with van der Waals surface area (Å²) in [5.74, 6) is 0. The number of nitrogens with zero attached hydrogens (tertiary/aromatic N) is 3. The summed E-state index contributed by atoms with van der Waals surface area (Å²) in [4.78, 5) is 8.57. The molecule has 7 nitrogen and oxygen atoms in total. The number of aromatic amines is 1. The molecule has 35 heavy (non-hydrogen) atoms. The summed E-state index contributed by atoms with van der Waals surface area (Å²) >= 11 is 0. The van der Waals surface area contributed by atoms with E-state index in [0.29, 0.717) is 25.0 Å². The number of methoxy groups -OCH3 is 1. The largest absolute Gasteiger partial charge is 0.511 e. The van der Waals surface area contributed by atoms with Gasteiger partial charge in [0.25, 0.3) is 0 Å². The molecular weight excluding hydrogens is 502 g/mol. The number of aromatic nitrogens is 2. The molecule has 1 aromatic carbocycles. The van der Waals surface area contributed by atoms with E-state index in [1.54, 1.807) is 12.0 Å². The average molecular weight is 524 g/mol. The quantitative estimate of drug-likeness (QED) is 0.598. The molecule has 0 spiro atoms. The van der Waals surface area contributed by atoms with Crippen LogP contribution in [-0.4, -0.2) is 53.5 Å². The van der Waals surface area contributed by atoms with Crippen molar-refractivity contribution in [2.75, 3.05) is 18.6 Å². The minimum absolute atomic E-state index is 0.102. The number of hydrogen-bond donors (Lipinski definition) is 1. The number of halogens is 6. The predicted molar refractivity (Wildman–Crippen MR) is 111 cm³/mol. The van der Waals surface area contributed by atoms with Gasteiger partial charge in [0.1, 0.15) is 0 Å². The summed E-state index contributed by atoms with van der Waals surface area (Å²) in [7, 11) is -4.26. The van der Waals surface area contributed by atoms with Gasteiger partial charge >= 0.3 is 21.7 Å². The van der Waals surface area contributed by atoms with E-state index in [0.717, 1.165) is 12.1 Å². The van der Waals surface area contributed by atoms with Gasteiger partial charge in [0, 0.05) is 43.5 Å². The summed E-state index contributed by atoms with van der Waals surface area (Å²) < 4.78 is 112. The second kappa shape index (κ2) is 7.59. The molecule has 3 saturated carbocycles. The minimum Gasteiger partial charge on any atom is -0.378 e. The van der Waals surface area contributed by atoms with Crippen LogP contribution in [0.25, 0.3) is 0 Å². The molecule has 0 unspecified atom stereocenters. The summed E-state index contributed by atoms with van der Waals surface area (Å²) in [6, 6.07) is 2.08. The Hall–Kier alpha value is -2.32. The molecule has 3 aliphatic carbocycles. The number of alkyl halides is 6. The first-order valence-corrected chi connectivity index (χ1v) is 12.2. The van der Waals surface area contributed by atoms with Gasteiger partial charge in [0.05, 0.1) is 29.7 Å². The van der Waals surface area contributed by atoms with E-state index in [2.05, 4.69) is 9.97 Å². The maximum Gasteiger partial charge on any atom is 0.511 e. The van der Waals surface area contributed by atoms with Gasteiger partial charge in [-0.05, 0) is 43.0 Å². The first-order chi connectivity index (χ1) is 16.2. The Morgan fingerprint density at radius 1 is 1.17 bits per heavy atom. The minimum atomic E-state index is -5.81. The monoisotopic (exact) mass is 524 g/mol. The Morgan fingerprint density at radius 3 is 2.40 bits per heavy atom. The van der Waals surface area contributed by atoms with Crippen LogP contribution < -0.4 is 4.90 Å². The third-order valence-electron chi connectivity index (χ3n) is 7.51. The number of imidazole rings is 1. The number of H-pyrrole nitrogens is 1. The third-order valence-corrected chi connectivity index (χ3v) is 9.05. The van der Waals surface area contributed by atoms with Crippen molar-refractivity contribution in [1.29, 1.82) is 0 Å². The van der Waals surface area contributed by atoms with E-state index in [1.165, 1.54) is 18.6 Å². The van der Waals surface area contributed by atoms with Gasteiger partial charge in [-0.1, -0.05) is 0 Å². The zero-order chi connectivity index (χ0) is 25.4. The van der Waals surface area contributed by atoms with E-state index in [1.807, 2.05) is 0 Å². The van der Waals surface area contributed by atoms with Crippen LogP contribution in [0.3, 0.4) is 0 Å². The van der Waals surface area contributed by atoms with Crippen LogP contribution in [0.4, 0.5) is 32.0 Å². The molecule has 0 radical (unpaired) electrons. The second-order valence-electron chi connectivity index (χ2n) is 9.58. The fourth-order valence-corrected chi connectivity index (χ4v) is 6.77. The number of sulfonamides is 1. The van der Waals surface area contributed by atoms with Crippen LogP contribution in [-0.2, 0) is 34.0 Å². The lowest BCUT2D eigenvalue weighted by molar-refractivity contribution is -0.283. The Kier molecular flexibility index (Phi) is 5.29. The van der Waals surface area contributed by atoms with E-state index >= 15 is 0 Å². The van der Waals surface area contributed by atoms with Gasteiger partial charge < -0.3 is 14.6 Å². The lowest BCUT2D eigenvalue weighted by Gasteiger charge is -2.73. The standard InChI is InChI=1S/C21H22F6N4O3S/c1-34-19-9-18(10-19,11-19)17-8-30(35(32,33)21(25,26)27)6-13-4-14(20(22,23)24)2-3-16(13)31(17)7-15-5-28-12-29-15/h2-5,12,17H,6-11H2,1H3,(H,28,29)/t17-,18?,19?/m0/s1. The van der Waals surface area contributed by atoms with Crippen LogP contribution in [0.2, 0.25) is 0 Å². The molecule has 6 rings (SSSR count). The Bertz CT molecular complexity index is 1210. The Labute approximate surface area is 197 Å². The SMILES string of the molecule is COC12CC([C@@H]3CN(S(=O)(=O)C(F)(F)F)Cc4cc(C(F)(F)F)ccc4N3Cc3cnc[nH]3)(C1)C2. The molecule has 0 amide bonds. The van der Waals surface area contributed by atoms with Crippen LogP contribution in [0.1, 0.15) is 36.1 Å². The fourth-order valence-electron chi connectivity index (χ4n) is 5.83. The highest BCUT2D eigenvalue weighted by Crippen LogP contribution is 2.71. The average Bonchev–Trinajstić information content (AvgIpc) is 3.15. The number of benzene rings is 1. The number of fused-ring (bicyclic) bond motifs is 1. The highest BCUT2D eigenvalue weighted by Gasteiger charge is 2.72. The normalized spacial score (nSPS) is 29.2. The number of ether oxygens (including phenoxy) is 1. The van der Waals surface area contributed by atoms with Gasteiger partial charge in [-0.2, -0.15) is 30.6 Å². The number of rotatable bonds is 5. The van der Waals surface area contributed by atoms with Crippen molar-refractivity contribution < 1.29 is 39.5 Å². The Morgan fingerprint density at radius 2 is 1.86 bits per heavy atom. The lowest BCUT2D eigenvalue weighted by atomic mass is 9.38. The summed E-state index contributed by atoms with van der Waals surface area (Å²) in [6.07, 6.45) is -0.253. The first-order valence-electron chi connectivity index (χ1n) is 10.8. The first kappa shape index (κ1) is 24.4. The van der Waals surface area contributed by atoms with Crippen molar-refractivity contribution in [2.45, 2.75) is 55.7 Å². The summed E-state index contributed by atoms with van der Waals surface area (Å²) in [5.41, 5.74) is -6.88. The van der Waals surface area contributed by atoms with Crippen LogP contribution >= 0.6 is 0 Å². The molecule has 2 aromatic rings. The molecule has 1 aliphatic heterocycles. The number of hydrogen-bond acceptors (Lipinski definition) is 5. The zero-order valence-electron chi connectivity index (χ0n) is 18.4. The van der Waals surface area contributed by atoms with Crippen LogP contribution in [0, 0.1) is 5.41 Å². The Balaban J connectivity index is 1.65. The van der Waals surface area contributed by atoms with Gasteiger partial charge in [0.15, 0.2) is 0 Å². The van der Waals surface area contributed by atoms with Crippen molar-refractivity contribution >= 4 is 15.7 Å². The second-order valence-corrected chi connectivity index (χ2v) is 11.5. The fraction of sp³-hybridized carbons (Fsp3) is 0.571. The number of anilines is 1. The molecule has 3 fully saturated rings. The van der Waals surface area contributed by atoms with Gasteiger partial charge in [0.2, 0.25) is 0 Å². The van der Waals surface area contributed by atoms with E-state index in [-0.39, 0.29) is 27.7 Å². The van der Waals surface area contributed by atoms with E-state index in [9.17, 15) is 34.8 Å². The van der Waals surface area contributed by atoms with E-state index in [4.69, 9.17) is 4.74 Å². The van der Waals surface area contributed by atoms with Gasteiger partial charge in [-0.15, -0.1) is 0 Å². The molecule has 1 atom stereocenters. The van der Waals surface area contributed by atoms with Crippen molar-refractivity contribution in [3.05, 3.63) is 47.5 Å². The molecule has 1 N–H and O–H groups in total. The molecule has 0 saturated heterocycles. The van der Waals surface area contributed by atoms with Crippen molar-refractivity contribution in [3.63, 3.8) is 0 Å². The third kappa shape index (κ3) is 3.80. The molecule has 14 heteroatoms. The molecule has 2 bridgehead atoms. The molecule has 1 aromatic heterocycles. The van der Waals surface area contributed by atoms with E-state index < -0.39 is 51.8 Å². The molecule has 192 valence electrons. The highest BCUT2D eigenvalue weighted by molar-refractivity contribution is 7.89. The van der Waals surface area contributed by atoms with Crippen molar-refractivity contribution in [2.24, 2.45) is 5.41 Å². The highest BCUT2D eigenvalue weighted by atomic mass is 32.2. The zero-order valence-corrected chi connectivity index (χ0v) is 19.3. The number of nitrogens with one attached hydrogen (secondary N) is 1. The smallest absolute Gasteiger partial charge is 0.378 e. The summed E-state index contributed by atoms with van der Waals surface area (Å²) in [6.45, 7) is -1.25. The summed E-state index contributed by atoms with van der Waals surface area (Å²) in [5, 5.41) is 0. The van der Waals surface area contributed by atoms with Crippen molar-refractivity contribution in [1.82, 2.24) is 14.3 Å².